The third-order valence-electron chi connectivity index (χ3n) is 2.76. The molecule has 0 aromatic heterocycles. The number of primary amides is 1. The van der Waals surface area contributed by atoms with E-state index in [1.807, 2.05) is 24.3 Å². The Bertz CT molecular complexity index is 668. The maximum atomic E-state index is 10.9. The third-order valence-corrected chi connectivity index (χ3v) is 2.76. The van der Waals surface area contributed by atoms with E-state index >= 15 is 0 Å². The van der Waals surface area contributed by atoms with Gasteiger partial charge in [-0.1, -0.05) is 18.2 Å². The summed E-state index contributed by atoms with van der Waals surface area (Å²) in [4.78, 5) is 10.9. The number of methoxy groups -OCH3 is 1. The second-order valence-corrected chi connectivity index (χ2v) is 4.11. The molecule has 0 aliphatic carbocycles. The van der Waals surface area contributed by atoms with Crippen LogP contribution in [-0.2, 0) is 4.79 Å². The van der Waals surface area contributed by atoms with Crippen LogP contribution in [0.2, 0.25) is 0 Å². The van der Waals surface area contributed by atoms with Crippen molar-refractivity contribution in [1.29, 1.82) is 0 Å². The lowest BCUT2D eigenvalue weighted by molar-refractivity contribution is -0.119. The number of ether oxygens (including phenoxy) is 2. The van der Waals surface area contributed by atoms with Crippen molar-refractivity contribution < 1.29 is 14.3 Å². The smallest absolute Gasteiger partial charge is 0.255 e. The van der Waals surface area contributed by atoms with E-state index in [4.69, 9.17) is 21.1 Å². The van der Waals surface area contributed by atoms with Crippen molar-refractivity contribution in [2.75, 3.05) is 13.7 Å². The fourth-order valence-corrected chi connectivity index (χ4v) is 1.91. The zero-order chi connectivity index (χ0) is 14.5. The first-order valence-corrected chi connectivity index (χ1v) is 5.91. The maximum absolute atomic E-state index is 10.9. The van der Waals surface area contributed by atoms with E-state index < -0.39 is 5.91 Å². The van der Waals surface area contributed by atoms with Gasteiger partial charge in [-0.15, -0.1) is 0 Å². The Balaban J connectivity index is 2.57. The molecule has 0 aliphatic rings. The zero-order valence-corrected chi connectivity index (χ0v) is 11.0. The lowest BCUT2D eigenvalue weighted by Crippen LogP contribution is -2.20. The highest BCUT2D eigenvalue weighted by atomic mass is 16.5. The molecule has 2 aromatic carbocycles. The largest absolute Gasteiger partial charge is 0.493 e. The molecule has 2 aromatic rings. The van der Waals surface area contributed by atoms with Crippen LogP contribution in [-0.4, -0.2) is 25.8 Å². The molecule has 6 heteroatoms. The number of rotatable bonds is 5. The predicted molar refractivity (Wildman–Crippen MR) is 77.0 cm³/mol. The van der Waals surface area contributed by atoms with Crippen LogP contribution in [0.1, 0.15) is 5.56 Å². The summed E-state index contributed by atoms with van der Waals surface area (Å²) in [6.45, 7) is -0.218. The second-order valence-electron chi connectivity index (χ2n) is 4.11. The van der Waals surface area contributed by atoms with Crippen LogP contribution in [0.3, 0.4) is 0 Å². The van der Waals surface area contributed by atoms with E-state index in [2.05, 4.69) is 5.10 Å². The van der Waals surface area contributed by atoms with Crippen LogP contribution >= 0.6 is 0 Å². The molecule has 2 rings (SSSR count). The van der Waals surface area contributed by atoms with Gasteiger partial charge in [-0.25, -0.2) is 0 Å². The lowest BCUT2D eigenvalue weighted by Gasteiger charge is -2.13. The second kappa shape index (κ2) is 5.92. The van der Waals surface area contributed by atoms with E-state index in [1.54, 1.807) is 6.07 Å². The van der Waals surface area contributed by atoms with Crippen molar-refractivity contribution in [2.24, 2.45) is 16.7 Å². The maximum Gasteiger partial charge on any atom is 0.255 e. The third kappa shape index (κ3) is 2.80. The van der Waals surface area contributed by atoms with Gasteiger partial charge in [0.25, 0.3) is 5.91 Å². The van der Waals surface area contributed by atoms with Crippen molar-refractivity contribution in [2.45, 2.75) is 0 Å². The molecule has 0 radical (unpaired) electrons. The minimum atomic E-state index is -0.552. The van der Waals surface area contributed by atoms with Gasteiger partial charge in [0.2, 0.25) is 0 Å². The summed E-state index contributed by atoms with van der Waals surface area (Å²) in [5.74, 6) is 5.59. The normalized spacial score (nSPS) is 10.8. The number of benzene rings is 2. The number of nitrogens with two attached hydrogens (primary N) is 2. The molecule has 0 fully saturated rings. The van der Waals surface area contributed by atoms with Gasteiger partial charge in [0.1, 0.15) is 0 Å². The Kier molecular flexibility index (Phi) is 4.05. The monoisotopic (exact) mass is 273 g/mol. The standard InChI is InChI=1S/C14H15N3O3/c1-19-12-5-4-10-3-2-9(7-17-16)6-11(10)14(12)20-8-13(15)18/h2-7H,8,16H2,1H3,(H2,15,18)/b17-7-. The highest BCUT2D eigenvalue weighted by molar-refractivity contribution is 5.95. The Hall–Kier alpha value is -2.76. The van der Waals surface area contributed by atoms with Crippen LogP contribution < -0.4 is 21.1 Å². The molecule has 6 nitrogen and oxygen atoms in total. The van der Waals surface area contributed by atoms with Crippen LogP contribution in [0.5, 0.6) is 11.5 Å². The van der Waals surface area contributed by atoms with Crippen molar-refractivity contribution in [3.8, 4) is 11.5 Å². The van der Waals surface area contributed by atoms with E-state index in [9.17, 15) is 4.79 Å². The van der Waals surface area contributed by atoms with Gasteiger partial charge in [-0.05, 0) is 23.1 Å². The summed E-state index contributed by atoms with van der Waals surface area (Å²) in [6.07, 6.45) is 1.52. The molecule has 0 saturated carbocycles. The number of hydrogen-bond donors (Lipinski definition) is 2. The van der Waals surface area contributed by atoms with Crippen molar-refractivity contribution in [1.82, 2.24) is 0 Å². The van der Waals surface area contributed by atoms with Gasteiger partial charge in [-0.2, -0.15) is 5.10 Å². The molecule has 0 heterocycles. The minimum absolute atomic E-state index is 0.218. The lowest BCUT2D eigenvalue weighted by atomic mass is 10.1. The van der Waals surface area contributed by atoms with Gasteiger partial charge >= 0.3 is 0 Å². The quantitative estimate of drug-likeness (QED) is 0.482. The number of fused-ring (bicyclic) bond motifs is 1. The number of carbonyl (C=O) groups is 1. The first-order chi connectivity index (χ1) is 9.65. The molecule has 104 valence electrons. The van der Waals surface area contributed by atoms with E-state index in [-0.39, 0.29) is 6.61 Å². The number of hydrogen-bond acceptors (Lipinski definition) is 5. The van der Waals surface area contributed by atoms with Crippen molar-refractivity contribution >= 4 is 22.9 Å². The Morgan fingerprint density at radius 3 is 2.75 bits per heavy atom. The highest BCUT2D eigenvalue weighted by Gasteiger charge is 2.11. The zero-order valence-electron chi connectivity index (χ0n) is 11.0. The van der Waals surface area contributed by atoms with Gasteiger partial charge in [-0.3, -0.25) is 4.79 Å². The molecule has 0 unspecified atom stereocenters. The summed E-state index contributed by atoms with van der Waals surface area (Å²) in [5, 5.41) is 5.23. The molecule has 20 heavy (non-hydrogen) atoms. The molecule has 0 atom stereocenters. The van der Waals surface area contributed by atoms with Gasteiger partial charge in [0.05, 0.1) is 13.3 Å². The van der Waals surface area contributed by atoms with Gasteiger partial charge in [0.15, 0.2) is 18.1 Å². The average molecular weight is 273 g/mol. The Labute approximate surface area is 116 Å². The van der Waals surface area contributed by atoms with E-state index in [0.29, 0.717) is 11.5 Å². The fraction of sp³-hybridized carbons (Fsp3) is 0.143. The molecule has 4 N–H and O–H groups in total. The van der Waals surface area contributed by atoms with Crippen LogP contribution in [0.15, 0.2) is 35.4 Å². The number of hydrazone groups is 1. The minimum Gasteiger partial charge on any atom is -0.493 e. The number of amides is 1. The number of nitrogens with zero attached hydrogens (tertiary/aromatic N) is 1. The number of carbonyl (C=O) groups excluding carboxylic acids is 1. The van der Waals surface area contributed by atoms with Crippen LogP contribution in [0, 0.1) is 0 Å². The molecule has 0 spiro atoms. The summed E-state index contributed by atoms with van der Waals surface area (Å²) >= 11 is 0. The predicted octanol–water partition coefficient (Wildman–Crippen LogP) is 1.01. The van der Waals surface area contributed by atoms with Crippen LogP contribution in [0.4, 0.5) is 0 Å². The summed E-state index contributed by atoms with van der Waals surface area (Å²) in [5.41, 5.74) is 5.93. The fourth-order valence-electron chi connectivity index (χ4n) is 1.91. The highest BCUT2D eigenvalue weighted by Crippen LogP contribution is 2.35. The SMILES string of the molecule is COc1ccc2ccc(/C=N\N)cc2c1OCC(N)=O. The summed E-state index contributed by atoms with van der Waals surface area (Å²) in [6, 6.07) is 9.31. The summed E-state index contributed by atoms with van der Waals surface area (Å²) < 4.78 is 10.7. The molecular weight excluding hydrogens is 258 g/mol. The van der Waals surface area contributed by atoms with Gasteiger partial charge < -0.3 is 21.1 Å². The summed E-state index contributed by atoms with van der Waals surface area (Å²) in [7, 11) is 1.53. The molecule has 0 aliphatic heterocycles. The molecule has 1 amide bonds. The molecule has 0 bridgehead atoms. The Morgan fingerprint density at radius 1 is 1.35 bits per heavy atom. The van der Waals surface area contributed by atoms with E-state index in [1.165, 1.54) is 13.3 Å². The molecular formula is C14H15N3O3. The van der Waals surface area contributed by atoms with E-state index in [0.717, 1.165) is 16.3 Å². The first-order valence-electron chi connectivity index (χ1n) is 5.91. The first kappa shape index (κ1) is 13.7. The van der Waals surface area contributed by atoms with Crippen LogP contribution in [0.25, 0.3) is 10.8 Å². The topological polar surface area (TPSA) is 99.9 Å². The Morgan fingerprint density at radius 2 is 2.10 bits per heavy atom. The van der Waals surface area contributed by atoms with Crippen molar-refractivity contribution in [3.05, 3.63) is 35.9 Å². The van der Waals surface area contributed by atoms with Crippen molar-refractivity contribution in [3.63, 3.8) is 0 Å². The molecule has 0 saturated heterocycles. The average Bonchev–Trinajstić information content (AvgIpc) is 2.44. The van der Waals surface area contributed by atoms with Gasteiger partial charge in [0, 0.05) is 5.39 Å².